The molecule has 0 N–H and O–H groups in total. The maximum absolute atomic E-state index is 6.51. The molecule has 9 heteroatoms. The van der Waals surface area contributed by atoms with Crippen LogP contribution in [0.25, 0.3) is 73.4 Å². The standard InChI is InChI=1S/C63H81N3O2S4/c1-6-9-12-15-17-19-21-23-25-28-37-67-50-35-30-33-48(40-50)57-58(49-34-31-36-51(41-49)68-38-29-26-24-22-20-18-16-13-10-7-2)66-61-59(65-57)52(53-42-47(46(5)70-53)32-27-14-11-8-3)44-64-60(61)54-43-56-63(72-54)62-55(71-56)39-45(4)69-62/h30-31,33-36,39-44H,6-29,32,37-38H2,1-5H3. The minimum Gasteiger partial charge on any atom is -0.494 e. The minimum atomic E-state index is 0.708. The largest absolute Gasteiger partial charge is 0.494 e. The first kappa shape index (κ1) is 54.1. The van der Waals surface area contributed by atoms with Crippen molar-refractivity contribution in [3.63, 3.8) is 0 Å². The number of rotatable bonds is 33. The molecule has 8 rings (SSSR count). The molecule has 6 heterocycles. The zero-order chi connectivity index (χ0) is 49.9. The molecule has 0 aliphatic carbocycles. The molecule has 0 saturated heterocycles. The monoisotopic (exact) mass is 1040 g/mol. The summed E-state index contributed by atoms with van der Waals surface area (Å²) in [6.45, 7) is 12.8. The lowest BCUT2D eigenvalue weighted by molar-refractivity contribution is 0.304. The third-order valence-corrected chi connectivity index (χ3v) is 19.0. The highest BCUT2D eigenvalue weighted by Crippen LogP contribution is 2.48. The van der Waals surface area contributed by atoms with Crippen LogP contribution in [0.4, 0.5) is 0 Å². The number of fused-ring (bicyclic) bond motifs is 4. The third kappa shape index (κ3) is 14.8. The van der Waals surface area contributed by atoms with Crippen molar-refractivity contribution in [1.29, 1.82) is 0 Å². The molecule has 384 valence electrons. The predicted octanol–water partition coefficient (Wildman–Crippen LogP) is 21.6. The first-order valence-electron chi connectivity index (χ1n) is 28.1. The van der Waals surface area contributed by atoms with Crippen molar-refractivity contribution in [3.8, 4) is 55.0 Å². The van der Waals surface area contributed by atoms with Crippen molar-refractivity contribution >= 4 is 75.2 Å². The van der Waals surface area contributed by atoms with E-state index in [0.29, 0.717) is 13.2 Å². The van der Waals surface area contributed by atoms with E-state index in [-0.39, 0.29) is 0 Å². The highest BCUT2D eigenvalue weighted by molar-refractivity contribution is 7.39. The van der Waals surface area contributed by atoms with Crippen LogP contribution < -0.4 is 9.47 Å². The Hall–Kier alpha value is -4.15. The fraction of sp³-hybridized carbons (Fsp3) is 0.508. The Labute approximate surface area is 448 Å². The number of hydrogen-bond acceptors (Lipinski definition) is 9. The summed E-state index contributed by atoms with van der Waals surface area (Å²) in [6.07, 6.45) is 34.2. The zero-order valence-electron chi connectivity index (χ0n) is 44.3. The van der Waals surface area contributed by atoms with Crippen LogP contribution in [0.5, 0.6) is 11.5 Å². The molecule has 72 heavy (non-hydrogen) atoms. The lowest BCUT2D eigenvalue weighted by atomic mass is 10.0. The van der Waals surface area contributed by atoms with Crippen LogP contribution >= 0.6 is 45.3 Å². The van der Waals surface area contributed by atoms with Crippen LogP contribution in [0.15, 0.2) is 72.9 Å². The van der Waals surface area contributed by atoms with E-state index in [4.69, 9.17) is 24.4 Å². The van der Waals surface area contributed by atoms with Crippen LogP contribution in [0, 0.1) is 13.8 Å². The van der Waals surface area contributed by atoms with Gasteiger partial charge in [-0.05, 0) is 87.6 Å². The van der Waals surface area contributed by atoms with Gasteiger partial charge in [0.2, 0.25) is 0 Å². The van der Waals surface area contributed by atoms with E-state index in [1.54, 1.807) is 0 Å². The smallest absolute Gasteiger partial charge is 0.119 e. The number of aryl methyl sites for hydroxylation is 3. The van der Waals surface area contributed by atoms with E-state index in [1.165, 1.54) is 180 Å². The Kier molecular flexibility index (Phi) is 21.4. The molecule has 0 spiro atoms. The fourth-order valence-corrected chi connectivity index (χ4v) is 15.1. The number of unbranched alkanes of at least 4 members (excludes halogenated alkanes) is 21. The number of thiophene rings is 4. The second-order valence-electron chi connectivity index (χ2n) is 20.2. The van der Waals surface area contributed by atoms with Crippen molar-refractivity contribution < 1.29 is 9.47 Å². The van der Waals surface area contributed by atoms with Gasteiger partial charge in [-0.3, -0.25) is 4.98 Å². The van der Waals surface area contributed by atoms with Gasteiger partial charge in [0.25, 0.3) is 0 Å². The van der Waals surface area contributed by atoms with E-state index >= 15 is 0 Å². The Balaban J connectivity index is 1.12. The van der Waals surface area contributed by atoms with Crippen molar-refractivity contribution in [1.82, 2.24) is 15.0 Å². The van der Waals surface area contributed by atoms with Gasteiger partial charge in [0.1, 0.15) is 28.2 Å². The summed E-state index contributed by atoms with van der Waals surface area (Å²) in [7, 11) is 0. The molecule has 5 nitrogen and oxygen atoms in total. The van der Waals surface area contributed by atoms with Crippen LogP contribution in [-0.4, -0.2) is 28.2 Å². The second kappa shape index (κ2) is 28.5. The lowest BCUT2D eigenvalue weighted by Crippen LogP contribution is -2.01. The molecular weight excluding hydrogens is 959 g/mol. The van der Waals surface area contributed by atoms with Gasteiger partial charge in [-0.15, -0.1) is 45.3 Å². The maximum Gasteiger partial charge on any atom is 0.119 e. The minimum absolute atomic E-state index is 0.708. The number of ether oxygens (including phenoxy) is 2. The molecular formula is C63H81N3O2S4. The van der Waals surface area contributed by atoms with E-state index in [9.17, 15) is 0 Å². The molecule has 0 unspecified atom stereocenters. The van der Waals surface area contributed by atoms with Gasteiger partial charge in [-0.1, -0.05) is 180 Å². The highest BCUT2D eigenvalue weighted by atomic mass is 32.1. The normalized spacial score (nSPS) is 11.8. The van der Waals surface area contributed by atoms with E-state index in [1.807, 2.05) is 45.3 Å². The fourth-order valence-electron chi connectivity index (χ4n) is 10.0. The van der Waals surface area contributed by atoms with E-state index < -0.39 is 0 Å². The molecule has 0 bridgehead atoms. The quantitative estimate of drug-likeness (QED) is 0.0384. The van der Waals surface area contributed by atoms with E-state index in [0.717, 1.165) is 80.4 Å². The van der Waals surface area contributed by atoms with Crippen LogP contribution in [-0.2, 0) is 6.42 Å². The third-order valence-electron chi connectivity index (χ3n) is 14.2. The number of aromatic nitrogens is 3. The summed E-state index contributed by atoms with van der Waals surface area (Å²) in [4.78, 5) is 22.0. The van der Waals surface area contributed by atoms with Gasteiger partial charge in [-0.25, -0.2) is 9.97 Å². The van der Waals surface area contributed by atoms with Gasteiger partial charge in [0.05, 0.1) is 38.9 Å². The number of pyridine rings is 1. The van der Waals surface area contributed by atoms with Crippen LogP contribution in [0.1, 0.15) is 190 Å². The van der Waals surface area contributed by atoms with Gasteiger partial charge < -0.3 is 9.47 Å². The summed E-state index contributed by atoms with van der Waals surface area (Å²) in [5.41, 5.74) is 8.72. The molecule has 0 atom stereocenters. The molecule has 2 aromatic carbocycles. The Morgan fingerprint density at radius 3 is 1.51 bits per heavy atom. The van der Waals surface area contributed by atoms with Crippen LogP contribution in [0.2, 0.25) is 0 Å². The van der Waals surface area contributed by atoms with Gasteiger partial charge >= 0.3 is 0 Å². The molecule has 0 aliphatic heterocycles. The summed E-state index contributed by atoms with van der Waals surface area (Å²) < 4.78 is 18.4. The molecule has 0 fully saturated rings. The topological polar surface area (TPSA) is 57.1 Å². The van der Waals surface area contributed by atoms with Gasteiger partial charge in [0, 0.05) is 46.9 Å². The number of nitrogens with zero attached hydrogens (tertiary/aromatic N) is 3. The molecule has 0 radical (unpaired) electrons. The van der Waals surface area contributed by atoms with Gasteiger partial charge in [0.15, 0.2) is 0 Å². The van der Waals surface area contributed by atoms with Crippen molar-refractivity contribution in [3.05, 3.63) is 88.2 Å². The second-order valence-corrected chi connectivity index (χ2v) is 24.9. The summed E-state index contributed by atoms with van der Waals surface area (Å²) in [5.74, 6) is 1.74. The summed E-state index contributed by atoms with van der Waals surface area (Å²) in [6, 6.07) is 24.2. The average molecular weight is 1040 g/mol. The number of benzene rings is 2. The van der Waals surface area contributed by atoms with E-state index in [2.05, 4.69) is 108 Å². The summed E-state index contributed by atoms with van der Waals surface area (Å²) in [5, 5.41) is 0. The number of hydrogen-bond donors (Lipinski definition) is 0. The predicted molar refractivity (Wildman–Crippen MR) is 318 cm³/mol. The van der Waals surface area contributed by atoms with Gasteiger partial charge in [-0.2, -0.15) is 0 Å². The molecule has 6 aromatic heterocycles. The Morgan fingerprint density at radius 1 is 0.444 bits per heavy atom. The lowest BCUT2D eigenvalue weighted by Gasteiger charge is -2.16. The first-order chi connectivity index (χ1) is 35.4. The Morgan fingerprint density at radius 2 is 0.944 bits per heavy atom. The maximum atomic E-state index is 6.51. The Bertz CT molecular complexity index is 2900. The highest BCUT2D eigenvalue weighted by Gasteiger charge is 2.24. The molecule has 0 amide bonds. The molecule has 0 aliphatic rings. The molecule has 8 aromatic rings. The first-order valence-corrected chi connectivity index (χ1v) is 31.4. The summed E-state index contributed by atoms with van der Waals surface area (Å²) >= 11 is 7.48. The van der Waals surface area contributed by atoms with Crippen molar-refractivity contribution in [2.45, 2.75) is 195 Å². The van der Waals surface area contributed by atoms with Crippen molar-refractivity contribution in [2.75, 3.05) is 13.2 Å². The molecule has 0 saturated carbocycles. The average Bonchev–Trinajstić information content (AvgIpc) is 4.16. The van der Waals surface area contributed by atoms with Crippen molar-refractivity contribution in [2.24, 2.45) is 0 Å². The SMILES string of the molecule is CCCCCCCCCCCCOc1cccc(-c2nc3c(-c4cc(CCCCCC)c(C)s4)cnc(-c4cc5sc6cc(C)sc6c5s4)c3nc2-c2cccc(OCCCCCCCCCCCC)c2)c1. The van der Waals surface area contributed by atoms with Crippen LogP contribution in [0.3, 0.4) is 0 Å². The zero-order valence-corrected chi connectivity index (χ0v) is 47.6.